The molecule has 0 bridgehead atoms. The molecule has 0 aromatic carbocycles. The van der Waals surface area contributed by atoms with Crippen LogP contribution in [0.5, 0.6) is 5.88 Å². The molecule has 54 valence electrons. The van der Waals surface area contributed by atoms with Gasteiger partial charge in [0.25, 0.3) is 0 Å². The highest BCUT2D eigenvalue weighted by Gasteiger charge is 1.99. The molecule has 0 spiro atoms. The first-order valence-corrected chi connectivity index (χ1v) is 2.84. The predicted octanol–water partition coefficient (Wildman–Crippen LogP) is 0.0869. The van der Waals surface area contributed by atoms with Crippen LogP contribution in [0.3, 0.4) is 0 Å². The lowest BCUT2D eigenvalue weighted by molar-refractivity contribution is 0.388. The fourth-order valence-electron chi connectivity index (χ4n) is 0.641. The third kappa shape index (κ3) is 1.00. The van der Waals surface area contributed by atoms with Crippen LogP contribution in [0.1, 0.15) is 5.56 Å². The van der Waals surface area contributed by atoms with Crippen LogP contribution in [0.25, 0.3) is 0 Å². The first-order valence-electron chi connectivity index (χ1n) is 2.84. The van der Waals surface area contributed by atoms with E-state index in [4.69, 9.17) is 4.74 Å². The molecule has 1 N–H and O–H groups in total. The molecule has 0 aliphatic carbocycles. The van der Waals surface area contributed by atoms with Crippen molar-refractivity contribution in [2.75, 3.05) is 7.11 Å². The van der Waals surface area contributed by atoms with Gasteiger partial charge < -0.3 is 4.74 Å². The summed E-state index contributed by atoms with van der Waals surface area (Å²) in [6, 6.07) is 0. The van der Waals surface area contributed by atoms with Crippen LogP contribution in [0, 0.1) is 6.92 Å². The molecule has 0 unspecified atom stereocenters. The summed E-state index contributed by atoms with van der Waals surface area (Å²) in [5.74, 6) is 0.424. The summed E-state index contributed by atoms with van der Waals surface area (Å²) in [4.78, 5) is 10.8. The lowest BCUT2D eigenvalue weighted by atomic mass is 10.3. The van der Waals surface area contributed by atoms with E-state index >= 15 is 0 Å². The Hall–Kier alpha value is -1.32. The summed E-state index contributed by atoms with van der Waals surface area (Å²) in [6.07, 6.45) is 1.22. The number of ether oxygens (including phenoxy) is 1. The van der Waals surface area contributed by atoms with Crippen molar-refractivity contribution in [3.8, 4) is 5.88 Å². The van der Waals surface area contributed by atoms with Crippen molar-refractivity contribution in [3.05, 3.63) is 22.0 Å². The zero-order valence-electron chi connectivity index (χ0n) is 5.84. The van der Waals surface area contributed by atoms with E-state index in [0.717, 1.165) is 0 Å². The van der Waals surface area contributed by atoms with Gasteiger partial charge in [0.1, 0.15) is 0 Å². The van der Waals surface area contributed by atoms with Crippen molar-refractivity contribution in [1.29, 1.82) is 0 Å². The van der Waals surface area contributed by atoms with Gasteiger partial charge in [-0.1, -0.05) is 0 Å². The third-order valence-corrected chi connectivity index (χ3v) is 1.26. The number of hydrogen-bond donors (Lipinski definition) is 1. The van der Waals surface area contributed by atoms with Crippen molar-refractivity contribution < 1.29 is 4.74 Å². The van der Waals surface area contributed by atoms with Crippen LogP contribution in [-0.4, -0.2) is 17.3 Å². The van der Waals surface area contributed by atoms with E-state index in [1.54, 1.807) is 6.92 Å². The van der Waals surface area contributed by atoms with Gasteiger partial charge in [-0.25, -0.2) is 5.10 Å². The molecule has 1 aromatic rings. The Bertz CT molecular complexity index is 279. The number of aromatic amines is 1. The quantitative estimate of drug-likeness (QED) is 0.601. The maximum Gasteiger partial charge on any atom is 0.214 e. The van der Waals surface area contributed by atoms with E-state index in [0.29, 0.717) is 11.4 Å². The van der Waals surface area contributed by atoms with Gasteiger partial charge in [0, 0.05) is 0 Å². The highest BCUT2D eigenvalue weighted by atomic mass is 16.5. The molecule has 0 amide bonds. The third-order valence-electron chi connectivity index (χ3n) is 1.26. The van der Waals surface area contributed by atoms with Crippen LogP contribution in [0.4, 0.5) is 0 Å². The second-order valence-corrected chi connectivity index (χ2v) is 1.89. The highest BCUT2D eigenvalue weighted by Crippen LogP contribution is 2.04. The highest BCUT2D eigenvalue weighted by molar-refractivity contribution is 5.20. The maximum absolute atomic E-state index is 10.8. The lowest BCUT2D eigenvalue weighted by Gasteiger charge is -1.99. The Morgan fingerprint density at radius 2 is 2.40 bits per heavy atom. The molecule has 0 aliphatic heterocycles. The minimum absolute atomic E-state index is 0.115. The van der Waals surface area contributed by atoms with Gasteiger partial charge in [-0.05, 0) is 6.92 Å². The zero-order valence-corrected chi connectivity index (χ0v) is 5.84. The molecule has 0 saturated heterocycles. The minimum atomic E-state index is -0.115. The number of aromatic nitrogens is 2. The molecule has 0 atom stereocenters. The second-order valence-electron chi connectivity index (χ2n) is 1.89. The number of rotatable bonds is 1. The largest absolute Gasteiger partial charge is 0.481 e. The smallest absolute Gasteiger partial charge is 0.214 e. The SMILES string of the molecule is COc1[nH]ncc(=O)c1C. The van der Waals surface area contributed by atoms with E-state index in [2.05, 4.69) is 10.2 Å². The lowest BCUT2D eigenvalue weighted by Crippen LogP contribution is -2.08. The maximum atomic E-state index is 10.8. The minimum Gasteiger partial charge on any atom is -0.481 e. The number of nitrogens with one attached hydrogen (secondary N) is 1. The van der Waals surface area contributed by atoms with Crippen molar-refractivity contribution in [2.45, 2.75) is 6.92 Å². The predicted molar refractivity (Wildman–Crippen MR) is 36.1 cm³/mol. The Balaban J connectivity index is 3.28. The molecular weight excluding hydrogens is 132 g/mol. The Kier molecular flexibility index (Phi) is 1.71. The van der Waals surface area contributed by atoms with Crippen LogP contribution in [0.15, 0.2) is 11.0 Å². The van der Waals surface area contributed by atoms with E-state index in [9.17, 15) is 4.79 Å². The zero-order chi connectivity index (χ0) is 7.56. The standard InChI is InChI=1S/C6H8N2O2/c1-4-5(9)3-7-8-6(4)10-2/h3H,1-2H3,(H,8,9). The van der Waals surface area contributed by atoms with Crippen molar-refractivity contribution in [1.82, 2.24) is 10.2 Å². The molecule has 1 rings (SSSR count). The van der Waals surface area contributed by atoms with Crippen LogP contribution < -0.4 is 10.2 Å². The molecule has 0 saturated carbocycles. The average Bonchev–Trinajstić information content (AvgIpc) is 1.95. The summed E-state index contributed by atoms with van der Waals surface area (Å²) < 4.78 is 4.81. The van der Waals surface area contributed by atoms with E-state index in [-0.39, 0.29) is 5.43 Å². The number of hydrogen-bond acceptors (Lipinski definition) is 3. The number of H-pyrrole nitrogens is 1. The van der Waals surface area contributed by atoms with Gasteiger partial charge in [0.05, 0.1) is 18.9 Å². The molecular formula is C6H8N2O2. The first-order chi connectivity index (χ1) is 4.75. The van der Waals surface area contributed by atoms with Crippen LogP contribution in [-0.2, 0) is 0 Å². The topological polar surface area (TPSA) is 55.0 Å². The van der Waals surface area contributed by atoms with Gasteiger partial charge in [0.2, 0.25) is 11.3 Å². The van der Waals surface area contributed by atoms with Gasteiger partial charge >= 0.3 is 0 Å². The van der Waals surface area contributed by atoms with Crippen LogP contribution in [0.2, 0.25) is 0 Å². The normalized spacial score (nSPS) is 9.40. The van der Waals surface area contributed by atoms with Gasteiger partial charge in [-0.15, -0.1) is 0 Å². The Morgan fingerprint density at radius 3 is 2.90 bits per heavy atom. The van der Waals surface area contributed by atoms with Crippen molar-refractivity contribution in [3.63, 3.8) is 0 Å². The summed E-state index contributed by atoms with van der Waals surface area (Å²) in [7, 11) is 1.49. The van der Waals surface area contributed by atoms with Crippen LogP contribution >= 0.6 is 0 Å². The number of nitrogens with zero attached hydrogens (tertiary/aromatic N) is 1. The molecule has 4 nitrogen and oxygen atoms in total. The molecule has 0 aliphatic rings. The summed E-state index contributed by atoms with van der Waals surface area (Å²) in [6.45, 7) is 1.68. The Morgan fingerprint density at radius 1 is 1.70 bits per heavy atom. The van der Waals surface area contributed by atoms with Gasteiger partial charge in [-0.2, -0.15) is 5.10 Å². The first kappa shape index (κ1) is 6.80. The fraction of sp³-hybridized carbons (Fsp3) is 0.333. The molecule has 4 heteroatoms. The van der Waals surface area contributed by atoms with E-state index < -0.39 is 0 Å². The monoisotopic (exact) mass is 140 g/mol. The molecule has 1 heterocycles. The molecule has 0 radical (unpaired) electrons. The second kappa shape index (κ2) is 2.51. The molecule has 1 aromatic heterocycles. The summed E-state index contributed by atoms with van der Waals surface area (Å²) >= 11 is 0. The fourth-order valence-corrected chi connectivity index (χ4v) is 0.641. The number of methoxy groups -OCH3 is 1. The molecule has 0 fully saturated rings. The van der Waals surface area contributed by atoms with Gasteiger partial charge in [0.15, 0.2) is 0 Å². The van der Waals surface area contributed by atoms with Crippen molar-refractivity contribution >= 4 is 0 Å². The molecule has 10 heavy (non-hydrogen) atoms. The summed E-state index contributed by atoms with van der Waals surface area (Å²) in [5, 5.41) is 6.11. The van der Waals surface area contributed by atoms with Crippen molar-refractivity contribution in [2.24, 2.45) is 0 Å². The van der Waals surface area contributed by atoms with E-state index in [1.807, 2.05) is 0 Å². The average molecular weight is 140 g/mol. The van der Waals surface area contributed by atoms with E-state index in [1.165, 1.54) is 13.3 Å². The Labute approximate surface area is 57.8 Å². The van der Waals surface area contributed by atoms with Gasteiger partial charge in [-0.3, -0.25) is 4.79 Å². The summed E-state index contributed by atoms with van der Waals surface area (Å²) in [5.41, 5.74) is 0.438.